The third-order valence-electron chi connectivity index (χ3n) is 3.70. The van der Waals surface area contributed by atoms with Gasteiger partial charge in [-0.1, -0.05) is 44.2 Å². The van der Waals surface area contributed by atoms with Crippen molar-refractivity contribution in [3.8, 4) is 5.75 Å². The molecule has 0 unspecified atom stereocenters. The minimum absolute atomic E-state index is 0.171. The van der Waals surface area contributed by atoms with Crippen molar-refractivity contribution in [1.82, 2.24) is 5.32 Å². The maximum atomic E-state index is 5.66. The van der Waals surface area contributed by atoms with E-state index in [2.05, 4.69) is 48.7 Å². The Labute approximate surface area is 156 Å². The Morgan fingerprint density at radius 1 is 0.960 bits per heavy atom. The number of rotatable bonds is 7. The van der Waals surface area contributed by atoms with Gasteiger partial charge in [-0.15, -0.1) is 0 Å². The SMILES string of the molecule is CC(C)C[C@H](NC(=S)Nc1ccc(OC(C)C)cc1)c1ccccc1. The van der Waals surface area contributed by atoms with E-state index in [1.165, 1.54) is 5.56 Å². The van der Waals surface area contributed by atoms with Gasteiger partial charge in [-0.3, -0.25) is 0 Å². The summed E-state index contributed by atoms with van der Waals surface area (Å²) in [4.78, 5) is 0. The van der Waals surface area contributed by atoms with Crippen LogP contribution in [0.25, 0.3) is 0 Å². The zero-order valence-electron chi connectivity index (χ0n) is 15.5. The molecule has 4 heteroatoms. The van der Waals surface area contributed by atoms with Crippen LogP contribution in [0.1, 0.15) is 45.7 Å². The lowest BCUT2D eigenvalue weighted by atomic mass is 9.97. The molecule has 0 heterocycles. The summed E-state index contributed by atoms with van der Waals surface area (Å²) in [5.74, 6) is 1.44. The van der Waals surface area contributed by atoms with Gasteiger partial charge in [-0.25, -0.2) is 0 Å². The van der Waals surface area contributed by atoms with Crippen LogP contribution in [-0.2, 0) is 0 Å². The van der Waals surface area contributed by atoms with E-state index in [0.29, 0.717) is 11.0 Å². The van der Waals surface area contributed by atoms with Crippen molar-refractivity contribution < 1.29 is 4.74 Å². The number of nitrogens with one attached hydrogen (secondary N) is 2. The summed E-state index contributed by atoms with van der Waals surface area (Å²) >= 11 is 5.51. The van der Waals surface area contributed by atoms with E-state index in [-0.39, 0.29) is 12.1 Å². The van der Waals surface area contributed by atoms with Gasteiger partial charge in [-0.2, -0.15) is 0 Å². The molecule has 0 spiro atoms. The van der Waals surface area contributed by atoms with E-state index >= 15 is 0 Å². The minimum atomic E-state index is 0.171. The Kier molecular flexibility index (Phi) is 7.26. The fourth-order valence-corrected chi connectivity index (χ4v) is 2.91. The van der Waals surface area contributed by atoms with Crippen LogP contribution in [-0.4, -0.2) is 11.2 Å². The maximum Gasteiger partial charge on any atom is 0.171 e. The molecular weight excluding hydrogens is 328 g/mol. The van der Waals surface area contributed by atoms with Crippen molar-refractivity contribution in [2.45, 2.75) is 46.3 Å². The van der Waals surface area contributed by atoms with Crippen LogP contribution >= 0.6 is 12.2 Å². The second-order valence-corrected chi connectivity index (χ2v) is 7.29. The van der Waals surface area contributed by atoms with Crippen LogP contribution in [0.5, 0.6) is 5.75 Å². The largest absolute Gasteiger partial charge is 0.491 e. The quantitative estimate of drug-likeness (QED) is 0.638. The molecule has 2 aromatic rings. The summed E-state index contributed by atoms with van der Waals surface area (Å²) in [5.41, 5.74) is 2.20. The molecule has 0 saturated carbocycles. The molecule has 0 aliphatic heterocycles. The fraction of sp³-hybridized carbons (Fsp3) is 0.381. The second kappa shape index (κ2) is 9.42. The molecule has 1 atom stereocenters. The fourth-order valence-electron chi connectivity index (χ4n) is 2.65. The zero-order valence-corrected chi connectivity index (χ0v) is 16.3. The molecule has 134 valence electrons. The molecule has 0 fully saturated rings. The van der Waals surface area contributed by atoms with Gasteiger partial charge in [0.15, 0.2) is 5.11 Å². The monoisotopic (exact) mass is 356 g/mol. The Bertz CT molecular complexity index is 653. The average Bonchev–Trinajstić information content (AvgIpc) is 2.56. The van der Waals surface area contributed by atoms with Crippen LogP contribution in [0.4, 0.5) is 5.69 Å². The molecule has 25 heavy (non-hydrogen) atoms. The lowest BCUT2D eigenvalue weighted by Crippen LogP contribution is -2.33. The number of anilines is 1. The normalized spacial score (nSPS) is 12.1. The van der Waals surface area contributed by atoms with Crippen LogP contribution in [0.15, 0.2) is 54.6 Å². The Hall–Kier alpha value is -2.07. The molecule has 2 rings (SSSR count). The smallest absolute Gasteiger partial charge is 0.171 e. The highest BCUT2D eigenvalue weighted by Crippen LogP contribution is 2.22. The first kappa shape index (κ1) is 19.3. The summed E-state index contributed by atoms with van der Waals surface area (Å²) in [5, 5.41) is 7.34. The van der Waals surface area contributed by atoms with Gasteiger partial charge in [0.25, 0.3) is 0 Å². The Balaban J connectivity index is 1.98. The first-order valence-corrected chi connectivity index (χ1v) is 9.24. The van der Waals surface area contributed by atoms with Crippen LogP contribution in [0.3, 0.4) is 0 Å². The Morgan fingerprint density at radius 2 is 1.60 bits per heavy atom. The number of benzene rings is 2. The van der Waals surface area contributed by atoms with E-state index in [9.17, 15) is 0 Å². The first-order chi connectivity index (χ1) is 11.9. The number of hydrogen-bond acceptors (Lipinski definition) is 2. The summed E-state index contributed by atoms with van der Waals surface area (Å²) in [6.07, 6.45) is 1.19. The molecule has 2 aromatic carbocycles. The number of ether oxygens (including phenoxy) is 1. The molecule has 0 bridgehead atoms. The number of thiocarbonyl (C=S) groups is 1. The molecule has 0 aliphatic rings. The second-order valence-electron chi connectivity index (χ2n) is 6.88. The van der Waals surface area contributed by atoms with E-state index in [1.807, 2.05) is 44.2 Å². The van der Waals surface area contributed by atoms with Gasteiger partial charge in [0, 0.05) is 5.69 Å². The van der Waals surface area contributed by atoms with E-state index in [1.54, 1.807) is 0 Å². The molecule has 3 nitrogen and oxygen atoms in total. The van der Waals surface area contributed by atoms with E-state index in [4.69, 9.17) is 17.0 Å². The van der Waals surface area contributed by atoms with E-state index < -0.39 is 0 Å². The first-order valence-electron chi connectivity index (χ1n) is 8.83. The summed E-state index contributed by atoms with van der Waals surface area (Å²) < 4.78 is 5.66. The van der Waals surface area contributed by atoms with Gasteiger partial charge in [-0.05, 0) is 68.2 Å². The summed E-state index contributed by atoms with van der Waals surface area (Å²) in [7, 11) is 0. The lowest BCUT2D eigenvalue weighted by molar-refractivity contribution is 0.242. The van der Waals surface area contributed by atoms with Crippen LogP contribution < -0.4 is 15.4 Å². The van der Waals surface area contributed by atoms with Crippen molar-refractivity contribution in [2.24, 2.45) is 5.92 Å². The van der Waals surface area contributed by atoms with Crippen LogP contribution in [0.2, 0.25) is 0 Å². The van der Waals surface area contributed by atoms with Crippen molar-refractivity contribution in [3.63, 3.8) is 0 Å². The minimum Gasteiger partial charge on any atom is -0.491 e. The van der Waals surface area contributed by atoms with Gasteiger partial charge in [0.1, 0.15) is 5.75 Å². The van der Waals surface area contributed by atoms with Crippen molar-refractivity contribution >= 4 is 23.0 Å². The number of hydrogen-bond donors (Lipinski definition) is 2. The molecule has 0 aliphatic carbocycles. The molecule has 0 saturated heterocycles. The van der Waals surface area contributed by atoms with Crippen molar-refractivity contribution in [3.05, 3.63) is 60.2 Å². The zero-order chi connectivity index (χ0) is 18.2. The topological polar surface area (TPSA) is 33.3 Å². The van der Waals surface area contributed by atoms with Crippen molar-refractivity contribution in [1.29, 1.82) is 0 Å². The van der Waals surface area contributed by atoms with Gasteiger partial charge >= 0.3 is 0 Å². The maximum absolute atomic E-state index is 5.66. The Morgan fingerprint density at radius 3 is 2.16 bits per heavy atom. The highest BCUT2D eigenvalue weighted by atomic mass is 32.1. The van der Waals surface area contributed by atoms with Gasteiger partial charge in [0.2, 0.25) is 0 Å². The highest BCUT2D eigenvalue weighted by molar-refractivity contribution is 7.80. The van der Waals surface area contributed by atoms with E-state index in [0.717, 1.165) is 17.9 Å². The lowest BCUT2D eigenvalue weighted by Gasteiger charge is -2.23. The standard InChI is InChI=1S/C21H28N2OS/c1-15(2)14-20(17-8-6-5-7-9-17)23-21(25)22-18-10-12-19(13-11-18)24-16(3)4/h5-13,15-16,20H,14H2,1-4H3,(H2,22,23,25)/t20-/m0/s1. The molecule has 0 radical (unpaired) electrons. The average molecular weight is 357 g/mol. The van der Waals surface area contributed by atoms with Gasteiger partial charge < -0.3 is 15.4 Å². The third-order valence-corrected chi connectivity index (χ3v) is 3.92. The molecular formula is C21H28N2OS. The predicted octanol–water partition coefficient (Wildman–Crippen LogP) is 5.55. The molecule has 0 aromatic heterocycles. The highest BCUT2D eigenvalue weighted by Gasteiger charge is 2.14. The van der Waals surface area contributed by atoms with Gasteiger partial charge in [0.05, 0.1) is 12.1 Å². The summed E-state index contributed by atoms with van der Waals surface area (Å²) in [6.45, 7) is 8.48. The third kappa shape index (κ3) is 6.75. The summed E-state index contributed by atoms with van der Waals surface area (Å²) in [6, 6.07) is 18.5. The van der Waals surface area contributed by atoms with Crippen LogP contribution in [0, 0.1) is 5.92 Å². The molecule has 0 amide bonds. The molecule has 2 N–H and O–H groups in total. The predicted molar refractivity (Wildman–Crippen MR) is 110 cm³/mol. The van der Waals surface area contributed by atoms with Crippen molar-refractivity contribution in [2.75, 3.05) is 5.32 Å².